The summed E-state index contributed by atoms with van der Waals surface area (Å²) in [6.45, 7) is 6.90. The summed E-state index contributed by atoms with van der Waals surface area (Å²) in [7, 11) is -4.13. The molecule has 1 N–H and O–H groups in total. The van der Waals surface area contributed by atoms with E-state index in [2.05, 4.69) is 5.32 Å². The number of hydrogen-bond donors (Lipinski definition) is 1. The first-order valence-corrected chi connectivity index (χ1v) is 16.3. The van der Waals surface area contributed by atoms with E-state index in [0.29, 0.717) is 16.3 Å². The summed E-state index contributed by atoms with van der Waals surface area (Å²) >= 11 is 6.47. The average Bonchev–Trinajstić information content (AvgIpc) is 2.96. The predicted octanol–water partition coefficient (Wildman–Crippen LogP) is 6.33. The Hall–Kier alpha value is -3.36. The van der Waals surface area contributed by atoms with Crippen molar-refractivity contribution in [1.82, 2.24) is 10.2 Å². The third-order valence-electron chi connectivity index (χ3n) is 7.93. The molecule has 0 unspecified atom stereocenters. The first kappa shape index (κ1) is 31.6. The monoisotopic (exact) mass is 609 g/mol. The van der Waals surface area contributed by atoms with Crippen LogP contribution in [-0.2, 0) is 26.2 Å². The van der Waals surface area contributed by atoms with Gasteiger partial charge in [-0.1, -0.05) is 84.5 Å². The molecule has 0 heterocycles. The van der Waals surface area contributed by atoms with Gasteiger partial charge in [0.1, 0.15) is 12.6 Å². The molecule has 0 saturated heterocycles. The highest BCUT2D eigenvalue weighted by Crippen LogP contribution is 2.29. The Morgan fingerprint density at radius 1 is 0.929 bits per heavy atom. The van der Waals surface area contributed by atoms with E-state index in [0.717, 1.165) is 53.1 Å². The minimum Gasteiger partial charge on any atom is -0.352 e. The fraction of sp³-hybridized carbons (Fsp3) is 0.394. The molecule has 42 heavy (non-hydrogen) atoms. The van der Waals surface area contributed by atoms with Crippen LogP contribution in [0.2, 0.25) is 5.02 Å². The molecule has 9 heteroatoms. The molecule has 1 fully saturated rings. The van der Waals surface area contributed by atoms with Gasteiger partial charge in [0.15, 0.2) is 0 Å². The topological polar surface area (TPSA) is 86.8 Å². The first-order chi connectivity index (χ1) is 20.0. The van der Waals surface area contributed by atoms with Gasteiger partial charge in [0.05, 0.1) is 10.6 Å². The number of anilines is 1. The molecule has 1 aliphatic carbocycles. The number of halogens is 1. The van der Waals surface area contributed by atoms with Crippen molar-refractivity contribution in [3.8, 4) is 0 Å². The molecule has 0 aliphatic heterocycles. The van der Waals surface area contributed by atoms with Gasteiger partial charge in [0.25, 0.3) is 10.0 Å². The number of nitrogens with zero attached hydrogens (tertiary/aromatic N) is 2. The van der Waals surface area contributed by atoms with Gasteiger partial charge >= 0.3 is 0 Å². The van der Waals surface area contributed by atoms with Crippen LogP contribution < -0.4 is 9.62 Å². The Labute approximate surface area is 254 Å². The van der Waals surface area contributed by atoms with Crippen LogP contribution in [0.15, 0.2) is 71.6 Å². The highest BCUT2D eigenvalue weighted by atomic mass is 35.5. The molecule has 1 saturated carbocycles. The summed E-state index contributed by atoms with van der Waals surface area (Å²) in [6.07, 6.45) is 5.09. The van der Waals surface area contributed by atoms with Gasteiger partial charge in [-0.2, -0.15) is 0 Å². The Morgan fingerprint density at radius 3 is 2.21 bits per heavy atom. The molecular weight excluding hydrogens is 570 g/mol. The van der Waals surface area contributed by atoms with Crippen molar-refractivity contribution in [2.24, 2.45) is 0 Å². The largest absolute Gasteiger partial charge is 0.352 e. The van der Waals surface area contributed by atoms with E-state index in [9.17, 15) is 18.0 Å². The standard InChI is InChI=1S/C33H40ClN3O4S/c1-23-14-17-29(18-15-23)42(40,41)37(31-19-16-24(2)20-25(31)3)22-32(38)36(21-27-10-8-9-13-30(27)34)26(4)33(39)35-28-11-6-5-7-12-28/h8-10,13-20,26,28H,5-7,11-12,21-22H2,1-4H3,(H,35,39)/t26-/m0/s1. The van der Waals surface area contributed by atoms with Gasteiger partial charge < -0.3 is 10.2 Å². The summed E-state index contributed by atoms with van der Waals surface area (Å²) in [6, 6.07) is 18.4. The van der Waals surface area contributed by atoms with E-state index in [1.54, 1.807) is 55.5 Å². The van der Waals surface area contributed by atoms with E-state index >= 15 is 0 Å². The smallest absolute Gasteiger partial charge is 0.264 e. The number of hydrogen-bond acceptors (Lipinski definition) is 4. The van der Waals surface area contributed by atoms with E-state index in [4.69, 9.17) is 11.6 Å². The van der Waals surface area contributed by atoms with Crippen LogP contribution in [0.4, 0.5) is 5.69 Å². The third-order valence-corrected chi connectivity index (χ3v) is 10.1. The molecular formula is C33H40ClN3O4S. The van der Waals surface area contributed by atoms with Gasteiger partial charge in [0.2, 0.25) is 11.8 Å². The number of carbonyl (C=O) groups is 2. The zero-order chi connectivity index (χ0) is 30.4. The van der Waals surface area contributed by atoms with Gasteiger partial charge in [-0.3, -0.25) is 13.9 Å². The first-order valence-electron chi connectivity index (χ1n) is 14.5. The van der Waals surface area contributed by atoms with Gasteiger partial charge in [0, 0.05) is 17.6 Å². The summed E-state index contributed by atoms with van der Waals surface area (Å²) in [5.74, 6) is -0.765. The maximum Gasteiger partial charge on any atom is 0.264 e. The summed E-state index contributed by atoms with van der Waals surface area (Å²) in [4.78, 5) is 29.2. The molecule has 1 atom stereocenters. The second kappa shape index (κ2) is 13.7. The molecule has 7 nitrogen and oxygen atoms in total. The zero-order valence-electron chi connectivity index (χ0n) is 24.8. The van der Waals surface area contributed by atoms with Crippen molar-refractivity contribution < 1.29 is 18.0 Å². The SMILES string of the molecule is Cc1ccc(S(=O)(=O)N(CC(=O)N(Cc2ccccc2Cl)[C@@H](C)C(=O)NC2CCCCC2)c2ccc(C)cc2C)cc1. The van der Waals surface area contributed by atoms with Gasteiger partial charge in [-0.15, -0.1) is 0 Å². The lowest BCUT2D eigenvalue weighted by molar-refractivity contribution is -0.139. The van der Waals surface area contributed by atoms with Crippen LogP contribution in [0, 0.1) is 20.8 Å². The fourth-order valence-electron chi connectivity index (χ4n) is 5.40. The highest BCUT2D eigenvalue weighted by Gasteiger charge is 2.34. The lowest BCUT2D eigenvalue weighted by Gasteiger charge is -2.33. The molecule has 3 aromatic carbocycles. The minimum absolute atomic E-state index is 0.0586. The highest BCUT2D eigenvalue weighted by molar-refractivity contribution is 7.92. The van der Waals surface area contributed by atoms with Crippen LogP contribution >= 0.6 is 11.6 Å². The number of carbonyl (C=O) groups excluding carboxylic acids is 2. The zero-order valence-corrected chi connectivity index (χ0v) is 26.3. The van der Waals surface area contributed by atoms with E-state index < -0.39 is 28.5 Å². The lowest BCUT2D eigenvalue weighted by atomic mass is 9.95. The summed E-state index contributed by atoms with van der Waals surface area (Å²) in [5, 5.41) is 3.58. The maximum atomic E-state index is 14.2. The third kappa shape index (κ3) is 7.53. The molecule has 1 aliphatic rings. The summed E-state index contributed by atoms with van der Waals surface area (Å²) < 4.78 is 29.3. The minimum atomic E-state index is -4.13. The second-order valence-electron chi connectivity index (χ2n) is 11.2. The number of nitrogens with one attached hydrogen (secondary N) is 1. The number of rotatable bonds is 10. The molecule has 2 amide bonds. The normalized spacial score (nSPS) is 14.7. The fourth-order valence-corrected chi connectivity index (χ4v) is 7.07. The maximum absolute atomic E-state index is 14.2. The molecule has 3 aromatic rings. The van der Waals surface area contributed by atoms with Crippen LogP contribution in [0.1, 0.15) is 61.3 Å². The van der Waals surface area contributed by atoms with Crippen molar-refractivity contribution in [2.75, 3.05) is 10.8 Å². The van der Waals surface area contributed by atoms with Gasteiger partial charge in [-0.05, 0) is 75.9 Å². The van der Waals surface area contributed by atoms with Crippen LogP contribution in [-0.4, -0.2) is 43.8 Å². The molecule has 0 aromatic heterocycles. The molecule has 4 rings (SSSR count). The number of amides is 2. The van der Waals surface area contributed by atoms with Crippen molar-refractivity contribution in [3.63, 3.8) is 0 Å². The van der Waals surface area contributed by atoms with E-state index in [1.165, 1.54) is 4.90 Å². The molecule has 0 bridgehead atoms. The Balaban J connectivity index is 1.71. The molecule has 0 spiro atoms. The van der Waals surface area contributed by atoms with Crippen molar-refractivity contribution >= 4 is 39.1 Å². The molecule has 0 radical (unpaired) electrons. The number of benzene rings is 3. The Morgan fingerprint density at radius 2 is 1.57 bits per heavy atom. The van der Waals surface area contributed by atoms with Gasteiger partial charge in [-0.25, -0.2) is 8.42 Å². The van der Waals surface area contributed by atoms with Crippen LogP contribution in [0.3, 0.4) is 0 Å². The van der Waals surface area contributed by atoms with E-state index in [1.807, 2.05) is 39.0 Å². The van der Waals surface area contributed by atoms with E-state index in [-0.39, 0.29) is 23.4 Å². The molecule has 224 valence electrons. The van der Waals surface area contributed by atoms with Crippen LogP contribution in [0.5, 0.6) is 0 Å². The average molecular weight is 610 g/mol. The van der Waals surface area contributed by atoms with Crippen molar-refractivity contribution in [3.05, 3.63) is 94.0 Å². The Kier molecular flexibility index (Phi) is 10.3. The number of aryl methyl sites for hydroxylation is 3. The second-order valence-corrected chi connectivity index (χ2v) is 13.5. The number of sulfonamides is 1. The van der Waals surface area contributed by atoms with Crippen molar-refractivity contribution in [2.45, 2.75) is 83.3 Å². The predicted molar refractivity (Wildman–Crippen MR) is 168 cm³/mol. The summed E-state index contributed by atoms with van der Waals surface area (Å²) in [5.41, 5.74) is 3.70. The van der Waals surface area contributed by atoms with Crippen LogP contribution in [0.25, 0.3) is 0 Å². The van der Waals surface area contributed by atoms with Crippen molar-refractivity contribution in [1.29, 1.82) is 0 Å². The Bertz CT molecular complexity index is 1520. The quantitative estimate of drug-likeness (QED) is 0.291. The lowest BCUT2D eigenvalue weighted by Crippen LogP contribution is -2.53.